The first-order valence-corrected chi connectivity index (χ1v) is 14.6. The van der Waals surface area contributed by atoms with E-state index in [1.54, 1.807) is 16.6 Å². The third-order valence-electron chi connectivity index (χ3n) is 6.03. The predicted molar refractivity (Wildman–Crippen MR) is 149 cm³/mol. The molecule has 0 spiro atoms. The van der Waals surface area contributed by atoms with Crippen LogP contribution in [0.25, 0.3) is 16.9 Å². The monoisotopic (exact) mass is 548 g/mol. The molecule has 2 N–H and O–H groups in total. The van der Waals surface area contributed by atoms with Crippen LogP contribution >= 0.6 is 11.9 Å². The molecule has 0 amide bonds. The van der Waals surface area contributed by atoms with Crippen LogP contribution in [0.1, 0.15) is 40.5 Å². The summed E-state index contributed by atoms with van der Waals surface area (Å²) in [5, 5.41) is 8.78. The fraction of sp³-hybridized carbons (Fsp3) is 0.462. The molecule has 4 rings (SSSR count). The fourth-order valence-corrected chi connectivity index (χ4v) is 5.75. The van der Waals surface area contributed by atoms with E-state index >= 15 is 0 Å². The number of alkyl halides is 2. The van der Waals surface area contributed by atoms with Crippen molar-refractivity contribution in [2.75, 3.05) is 28.5 Å². The number of hydrogen-bond acceptors (Lipinski definition) is 6. The van der Waals surface area contributed by atoms with Crippen molar-refractivity contribution < 1.29 is 13.0 Å². The summed E-state index contributed by atoms with van der Waals surface area (Å²) in [5.41, 5.74) is 3.88. The standard InChI is InChI=1S/C26H34F2N6OS2/c1-5-36-30-20-9-10-23(24(16-20)33-13-11-18(12-14-33)25(27)28)34-17-22(29-32-34)19-7-6-8-21(15-19)37(35)31-26(2,3)4/h6-10,15-18,25,30-31H,5,11-14H2,1-4H3. The van der Waals surface area contributed by atoms with Crippen LogP contribution in [0.2, 0.25) is 0 Å². The number of benzene rings is 2. The Labute approximate surface area is 224 Å². The summed E-state index contributed by atoms with van der Waals surface area (Å²) in [4.78, 5) is 2.81. The lowest BCUT2D eigenvalue weighted by Gasteiger charge is -2.34. The van der Waals surface area contributed by atoms with Crippen LogP contribution in [0.5, 0.6) is 0 Å². The number of halogens is 2. The van der Waals surface area contributed by atoms with E-state index < -0.39 is 23.3 Å². The highest BCUT2D eigenvalue weighted by Gasteiger charge is 2.28. The van der Waals surface area contributed by atoms with Gasteiger partial charge in [-0.05, 0) is 63.9 Å². The molecule has 0 bridgehead atoms. The van der Waals surface area contributed by atoms with Crippen LogP contribution in [0.15, 0.2) is 53.6 Å². The lowest BCUT2D eigenvalue weighted by atomic mass is 9.97. The predicted octanol–water partition coefficient (Wildman–Crippen LogP) is 5.91. The fourth-order valence-electron chi connectivity index (χ4n) is 4.20. The van der Waals surface area contributed by atoms with Gasteiger partial charge in [-0.15, -0.1) is 5.10 Å². The highest BCUT2D eigenvalue weighted by atomic mass is 32.2. The largest absolute Gasteiger partial charge is 0.370 e. The summed E-state index contributed by atoms with van der Waals surface area (Å²) < 4.78 is 47.4. The van der Waals surface area contributed by atoms with Gasteiger partial charge < -0.3 is 9.62 Å². The molecule has 2 aromatic carbocycles. The number of nitrogens with zero attached hydrogens (tertiary/aromatic N) is 4. The Morgan fingerprint density at radius 1 is 1.14 bits per heavy atom. The SMILES string of the molecule is CCSNc1ccc(-n2cc(-c3cccc(S(=O)NC(C)(C)C)c3)nn2)c(N2CCC(C(F)F)CC2)c1. The van der Waals surface area contributed by atoms with Gasteiger partial charge in [-0.3, -0.25) is 0 Å². The van der Waals surface area contributed by atoms with Gasteiger partial charge in [0, 0.05) is 41.6 Å². The van der Waals surface area contributed by atoms with Gasteiger partial charge >= 0.3 is 0 Å². The molecule has 11 heteroatoms. The molecule has 0 saturated carbocycles. The lowest BCUT2D eigenvalue weighted by Crippen LogP contribution is -2.37. The molecule has 1 unspecified atom stereocenters. The highest BCUT2D eigenvalue weighted by Crippen LogP contribution is 2.34. The molecular formula is C26H34F2N6OS2. The van der Waals surface area contributed by atoms with E-state index in [0.29, 0.717) is 36.5 Å². The zero-order valence-electron chi connectivity index (χ0n) is 21.6. The minimum Gasteiger partial charge on any atom is -0.370 e. The van der Waals surface area contributed by atoms with Gasteiger partial charge in [0.25, 0.3) is 0 Å². The van der Waals surface area contributed by atoms with Crippen molar-refractivity contribution in [3.05, 3.63) is 48.7 Å². The van der Waals surface area contributed by atoms with Crippen molar-refractivity contribution in [2.45, 2.75) is 57.4 Å². The molecule has 0 radical (unpaired) electrons. The van der Waals surface area contributed by atoms with Crippen LogP contribution < -0.4 is 14.3 Å². The van der Waals surface area contributed by atoms with Crippen LogP contribution in [0, 0.1) is 5.92 Å². The average Bonchev–Trinajstić information content (AvgIpc) is 3.37. The zero-order chi connectivity index (χ0) is 26.6. The van der Waals surface area contributed by atoms with Gasteiger partial charge in [0.2, 0.25) is 6.43 Å². The maximum atomic E-state index is 13.2. The third kappa shape index (κ3) is 7.08. The summed E-state index contributed by atoms with van der Waals surface area (Å²) >= 11 is 1.60. The topological polar surface area (TPSA) is 75.1 Å². The zero-order valence-corrected chi connectivity index (χ0v) is 23.2. The Morgan fingerprint density at radius 2 is 1.89 bits per heavy atom. The second-order valence-corrected chi connectivity index (χ2v) is 12.4. The minimum atomic E-state index is -2.28. The molecule has 1 aliphatic rings. The number of hydrogen-bond donors (Lipinski definition) is 2. The van der Waals surface area contributed by atoms with Gasteiger partial charge in [0.15, 0.2) is 0 Å². The summed E-state index contributed by atoms with van der Waals surface area (Å²) in [5.74, 6) is 0.360. The lowest BCUT2D eigenvalue weighted by molar-refractivity contribution is 0.0636. The molecule has 1 fully saturated rings. The molecule has 2 heterocycles. The Hall–Kier alpha value is -2.50. The van der Waals surface area contributed by atoms with E-state index in [0.717, 1.165) is 28.4 Å². The molecule has 1 atom stereocenters. The summed E-state index contributed by atoms with van der Waals surface area (Å²) in [7, 11) is -1.36. The summed E-state index contributed by atoms with van der Waals surface area (Å²) in [6.07, 6.45) is 0.469. The Morgan fingerprint density at radius 3 is 2.57 bits per heavy atom. The molecular weight excluding hydrogens is 514 g/mol. The number of rotatable bonds is 9. The van der Waals surface area contributed by atoms with Crippen LogP contribution in [-0.4, -0.2) is 50.0 Å². The molecule has 200 valence electrons. The van der Waals surface area contributed by atoms with E-state index in [1.165, 1.54) is 0 Å². The van der Waals surface area contributed by atoms with E-state index in [9.17, 15) is 13.0 Å². The Balaban J connectivity index is 1.62. The van der Waals surface area contributed by atoms with E-state index in [4.69, 9.17) is 0 Å². The first-order valence-electron chi connectivity index (χ1n) is 12.4. The third-order valence-corrected chi connectivity index (χ3v) is 8.18. The van der Waals surface area contributed by atoms with Crippen LogP contribution in [-0.2, 0) is 11.0 Å². The van der Waals surface area contributed by atoms with Crippen molar-refractivity contribution >= 4 is 34.3 Å². The van der Waals surface area contributed by atoms with E-state index in [2.05, 4.69) is 31.6 Å². The van der Waals surface area contributed by atoms with E-state index in [-0.39, 0.29) is 5.54 Å². The maximum absolute atomic E-state index is 13.2. The molecule has 7 nitrogen and oxygen atoms in total. The van der Waals surface area contributed by atoms with Crippen molar-refractivity contribution in [1.82, 2.24) is 19.7 Å². The molecule has 37 heavy (non-hydrogen) atoms. The molecule has 1 aliphatic heterocycles. The number of piperidine rings is 1. The first-order chi connectivity index (χ1) is 17.6. The first kappa shape index (κ1) is 27.5. The summed E-state index contributed by atoms with van der Waals surface area (Å²) in [6.45, 7) is 9.09. The summed E-state index contributed by atoms with van der Waals surface area (Å²) in [6, 6.07) is 13.5. The normalized spacial score (nSPS) is 15.8. The second kappa shape index (κ2) is 11.9. The smallest absolute Gasteiger partial charge is 0.241 e. The number of anilines is 2. The molecule has 1 saturated heterocycles. The van der Waals surface area contributed by atoms with Crippen molar-refractivity contribution in [3.8, 4) is 16.9 Å². The number of nitrogens with one attached hydrogen (secondary N) is 2. The van der Waals surface area contributed by atoms with Gasteiger partial charge in [-0.25, -0.2) is 22.4 Å². The Kier molecular flexibility index (Phi) is 8.86. The number of aromatic nitrogens is 3. The van der Waals surface area contributed by atoms with Crippen molar-refractivity contribution in [3.63, 3.8) is 0 Å². The van der Waals surface area contributed by atoms with Gasteiger partial charge in [0.1, 0.15) is 16.7 Å². The second-order valence-electron chi connectivity index (χ2n) is 10.1. The van der Waals surface area contributed by atoms with Crippen LogP contribution in [0.4, 0.5) is 20.2 Å². The minimum absolute atomic E-state index is 0.291. The van der Waals surface area contributed by atoms with Crippen molar-refractivity contribution in [2.24, 2.45) is 5.92 Å². The molecule has 0 aliphatic carbocycles. The molecule has 3 aromatic rings. The van der Waals surface area contributed by atoms with E-state index in [1.807, 2.05) is 69.4 Å². The molecule has 1 aromatic heterocycles. The highest BCUT2D eigenvalue weighted by molar-refractivity contribution is 8.00. The maximum Gasteiger partial charge on any atom is 0.241 e. The van der Waals surface area contributed by atoms with Gasteiger partial charge in [-0.2, -0.15) is 0 Å². The van der Waals surface area contributed by atoms with Crippen LogP contribution in [0.3, 0.4) is 0 Å². The van der Waals surface area contributed by atoms with Gasteiger partial charge in [-0.1, -0.05) is 36.2 Å². The Bertz CT molecular complexity index is 1220. The van der Waals surface area contributed by atoms with Gasteiger partial charge in [0.05, 0.1) is 22.5 Å². The van der Waals surface area contributed by atoms with Crippen molar-refractivity contribution in [1.29, 1.82) is 0 Å². The average molecular weight is 549 g/mol. The quantitative estimate of drug-likeness (QED) is 0.324.